The van der Waals surface area contributed by atoms with E-state index in [9.17, 15) is 15.0 Å². The third-order valence-electron chi connectivity index (χ3n) is 2.86. The summed E-state index contributed by atoms with van der Waals surface area (Å²) in [4.78, 5) is 12.0. The first kappa shape index (κ1) is 16.3. The molecule has 2 aromatic rings. The molecule has 7 heteroatoms. The highest BCUT2D eigenvalue weighted by Gasteiger charge is 2.09. The Kier molecular flexibility index (Phi) is 5.38. The molecule has 0 atom stereocenters. The standard InChI is InChI=1S/C15H12Cl2N2O3/c16-11-5-10(14(21)13(17)6-11)7-18-19-15(22)12-4-2-1-3-9(12)8-20/h1-7,20-21H,8H2,(H,19,22)/b18-7-. The van der Waals surface area contributed by atoms with Gasteiger partial charge in [0, 0.05) is 16.1 Å². The lowest BCUT2D eigenvalue weighted by Gasteiger charge is -2.05. The van der Waals surface area contributed by atoms with Crippen molar-refractivity contribution in [1.82, 2.24) is 5.43 Å². The summed E-state index contributed by atoms with van der Waals surface area (Å²) in [5.41, 5.74) is 3.39. The summed E-state index contributed by atoms with van der Waals surface area (Å²) >= 11 is 11.6. The van der Waals surface area contributed by atoms with E-state index in [-0.39, 0.29) is 22.9 Å². The van der Waals surface area contributed by atoms with E-state index in [1.165, 1.54) is 18.3 Å². The average Bonchev–Trinajstić information content (AvgIpc) is 2.51. The average molecular weight is 339 g/mol. The molecule has 0 bridgehead atoms. The Labute approximate surface area is 136 Å². The van der Waals surface area contributed by atoms with Crippen LogP contribution >= 0.6 is 23.2 Å². The lowest BCUT2D eigenvalue weighted by molar-refractivity contribution is 0.0952. The molecule has 0 aliphatic heterocycles. The Morgan fingerprint density at radius 2 is 2.00 bits per heavy atom. The molecule has 3 N–H and O–H groups in total. The molecule has 5 nitrogen and oxygen atoms in total. The number of benzene rings is 2. The number of nitrogens with one attached hydrogen (secondary N) is 1. The van der Waals surface area contributed by atoms with E-state index in [1.54, 1.807) is 24.3 Å². The number of carbonyl (C=O) groups is 1. The van der Waals surface area contributed by atoms with Gasteiger partial charge in [0.05, 0.1) is 17.8 Å². The predicted octanol–water partition coefficient (Wildman–Crippen LogP) is 2.96. The monoisotopic (exact) mass is 338 g/mol. The fraction of sp³-hybridized carbons (Fsp3) is 0.0667. The summed E-state index contributed by atoms with van der Waals surface area (Å²) in [6.07, 6.45) is 1.23. The number of amides is 1. The number of carbonyl (C=O) groups excluding carboxylic acids is 1. The lowest BCUT2D eigenvalue weighted by Crippen LogP contribution is -2.19. The molecule has 0 aliphatic carbocycles. The van der Waals surface area contributed by atoms with Crippen molar-refractivity contribution in [2.45, 2.75) is 6.61 Å². The smallest absolute Gasteiger partial charge is 0.271 e. The quantitative estimate of drug-likeness (QED) is 0.592. The molecule has 0 saturated carbocycles. The molecule has 0 aliphatic rings. The van der Waals surface area contributed by atoms with E-state index in [4.69, 9.17) is 23.2 Å². The third kappa shape index (κ3) is 3.76. The number of hydrogen-bond acceptors (Lipinski definition) is 4. The molecule has 0 fully saturated rings. The van der Waals surface area contributed by atoms with Gasteiger partial charge in [-0.1, -0.05) is 41.4 Å². The molecule has 0 unspecified atom stereocenters. The molecular weight excluding hydrogens is 327 g/mol. The van der Waals surface area contributed by atoms with Crippen LogP contribution in [0.5, 0.6) is 5.75 Å². The summed E-state index contributed by atoms with van der Waals surface area (Å²) in [7, 11) is 0. The lowest BCUT2D eigenvalue weighted by atomic mass is 10.1. The van der Waals surface area contributed by atoms with Gasteiger partial charge < -0.3 is 10.2 Å². The van der Waals surface area contributed by atoms with Gasteiger partial charge in [-0.15, -0.1) is 0 Å². The van der Waals surface area contributed by atoms with E-state index in [0.29, 0.717) is 16.1 Å². The zero-order valence-electron chi connectivity index (χ0n) is 11.3. The number of aliphatic hydroxyl groups is 1. The minimum atomic E-state index is -0.478. The first-order chi connectivity index (χ1) is 10.5. The van der Waals surface area contributed by atoms with Crippen LogP contribution in [0.4, 0.5) is 0 Å². The van der Waals surface area contributed by atoms with E-state index in [2.05, 4.69) is 10.5 Å². The largest absolute Gasteiger partial charge is 0.506 e. The van der Waals surface area contributed by atoms with E-state index in [1.807, 2.05) is 0 Å². The topological polar surface area (TPSA) is 81.9 Å². The molecule has 114 valence electrons. The fourth-order valence-corrected chi connectivity index (χ4v) is 2.29. The van der Waals surface area contributed by atoms with Crippen molar-refractivity contribution in [3.8, 4) is 5.75 Å². The number of aromatic hydroxyl groups is 1. The van der Waals surface area contributed by atoms with Gasteiger partial charge in [-0.25, -0.2) is 5.43 Å². The molecular formula is C15H12Cl2N2O3. The molecule has 0 spiro atoms. The highest BCUT2D eigenvalue weighted by atomic mass is 35.5. The number of aliphatic hydroxyl groups excluding tert-OH is 1. The number of phenolic OH excluding ortho intramolecular Hbond substituents is 1. The normalized spacial score (nSPS) is 10.9. The fourth-order valence-electron chi connectivity index (χ4n) is 1.78. The predicted molar refractivity (Wildman–Crippen MR) is 85.6 cm³/mol. The van der Waals surface area contributed by atoms with Crippen LogP contribution in [0.1, 0.15) is 21.5 Å². The minimum absolute atomic E-state index is 0.0888. The number of nitrogens with zero attached hydrogens (tertiary/aromatic N) is 1. The molecule has 22 heavy (non-hydrogen) atoms. The first-order valence-corrected chi connectivity index (χ1v) is 6.98. The molecule has 0 heterocycles. The second-order valence-corrected chi connectivity index (χ2v) is 5.18. The van der Waals surface area contributed by atoms with Crippen LogP contribution in [-0.2, 0) is 6.61 Å². The number of rotatable bonds is 4. The third-order valence-corrected chi connectivity index (χ3v) is 3.37. The van der Waals surface area contributed by atoms with Crippen LogP contribution in [0.15, 0.2) is 41.5 Å². The number of halogens is 2. The van der Waals surface area contributed by atoms with Crippen molar-refractivity contribution in [3.05, 3.63) is 63.1 Å². The van der Waals surface area contributed by atoms with Crippen molar-refractivity contribution in [2.75, 3.05) is 0 Å². The van der Waals surface area contributed by atoms with E-state index < -0.39 is 5.91 Å². The highest BCUT2D eigenvalue weighted by Crippen LogP contribution is 2.29. The Hall–Kier alpha value is -2.08. The minimum Gasteiger partial charge on any atom is -0.506 e. The summed E-state index contributed by atoms with van der Waals surface area (Å²) in [6.45, 7) is -0.252. The van der Waals surface area contributed by atoms with E-state index in [0.717, 1.165) is 0 Å². The van der Waals surface area contributed by atoms with Gasteiger partial charge in [-0.3, -0.25) is 4.79 Å². The van der Waals surface area contributed by atoms with Crippen molar-refractivity contribution in [3.63, 3.8) is 0 Å². The second kappa shape index (κ2) is 7.26. The van der Waals surface area contributed by atoms with Gasteiger partial charge in [-0.05, 0) is 23.8 Å². The maximum Gasteiger partial charge on any atom is 0.271 e. The van der Waals surface area contributed by atoms with Crippen LogP contribution in [0.2, 0.25) is 10.0 Å². The zero-order valence-corrected chi connectivity index (χ0v) is 12.8. The molecule has 0 aromatic heterocycles. The van der Waals surface area contributed by atoms with Crippen molar-refractivity contribution in [1.29, 1.82) is 0 Å². The van der Waals surface area contributed by atoms with Gasteiger partial charge in [-0.2, -0.15) is 5.10 Å². The Morgan fingerprint density at radius 1 is 1.27 bits per heavy atom. The number of phenols is 1. The maximum atomic E-state index is 12.0. The molecule has 0 radical (unpaired) electrons. The summed E-state index contributed by atoms with van der Waals surface area (Å²) in [5.74, 6) is -0.659. The molecule has 2 aromatic carbocycles. The Bertz CT molecular complexity index is 733. The van der Waals surface area contributed by atoms with Gasteiger partial charge in [0.1, 0.15) is 5.75 Å². The van der Waals surface area contributed by atoms with Gasteiger partial charge in [0.2, 0.25) is 0 Å². The van der Waals surface area contributed by atoms with Crippen molar-refractivity contribution < 1.29 is 15.0 Å². The number of hydrazone groups is 1. The maximum absolute atomic E-state index is 12.0. The summed E-state index contributed by atoms with van der Waals surface area (Å²) in [5, 5.41) is 23.1. The van der Waals surface area contributed by atoms with Crippen LogP contribution in [0, 0.1) is 0 Å². The SMILES string of the molecule is O=C(N/N=C\c1cc(Cl)cc(Cl)c1O)c1ccccc1CO. The van der Waals surface area contributed by atoms with E-state index >= 15 is 0 Å². The summed E-state index contributed by atoms with van der Waals surface area (Å²) < 4.78 is 0. The second-order valence-electron chi connectivity index (χ2n) is 4.34. The first-order valence-electron chi connectivity index (χ1n) is 6.23. The highest BCUT2D eigenvalue weighted by molar-refractivity contribution is 6.36. The van der Waals surface area contributed by atoms with Crippen LogP contribution < -0.4 is 5.43 Å². The molecule has 1 amide bonds. The van der Waals surface area contributed by atoms with Gasteiger partial charge in [0.25, 0.3) is 5.91 Å². The molecule has 0 saturated heterocycles. The van der Waals surface area contributed by atoms with Crippen LogP contribution in [0.25, 0.3) is 0 Å². The van der Waals surface area contributed by atoms with Crippen molar-refractivity contribution >= 4 is 35.3 Å². The number of hydrogen-bond donors (Lipinski definition) is 3. The Balaban J connectivity index is 2.14. The van der Waals surface area contributed by atoms with Gasteiger partial charge in [0.15, 0.2) is 0 Å². The summed E-state index contributed by atoms with van der Waals surface area (Å²) in [6, 6.07) is 9.47. The van der Waals surface area contributed by atoms with Crippen LogP contribution in [-0.4, -0.2) is 22.3 Å². The zero-order chi connectivity index (χ0) is 16.1. The molecule has 2 rings (SSSR count). The Morgan fingerprint density at radius 3 is 2.73 bits per heavy atom. The van der Waals surface area contributed by atoms with Crippen LogP contribution in [0.3, 0.4) is 0 Å². The van der Waals surface area contributed by atoms with Gasteiger partial charge >= 0.3 is 0 Å². The van der Waals surface area contributed by atoms with Crippen molar-refractivity contribution in [2.24, 2.45) is 5.10 Å².